The number of esters is 1. The molecule has 3 heterocycles. The third kappa shape index (κ3) is 4.01. The van der Waals surface area contributed by atoms with Crippen molar-refractivity contribution < 1.29 is 14.6 Å². The molecule has 0 saturated carbocycles. The maximum atomic E-state index is 12.4. The molecule has 0 aliphatic carbocycles. The van der Waals surface area contributed by atoms with Crippen molar-refractivity contribution in [2.75, 3.05) is 19.7 Å². The molecule has 0 bridgehead atoms. The number of aryl methyl sites for hydroxylation is 1. The average molecular weight is 469 g/mol. The van der Waals surface area contributed by atoms with Crippen LogP contribution in [0.1, 0.15) is 42.1 Å². The van der Waals surface area contributed by atoms with Crippen molar-refractivity contribution in [1.82, 2.24) is 19.5 Å². The van der Waals surface area contributed by atoms with E-state index in [1.165, 1.54) is 15.9 Å². The number of hydrogen-bond acceptors (Lipinski definition) is 7. The summed E-state index contributed by atoms with van der Waals surface area (Å²) in [5, 5.41) is 16.1. The highest BCUT2D eigenvalue weighted by atomic mass is 35.5. The third-order valence-corrected chi connectivity index (χ3v) is 7.06. The van der Waals surface area contributed by atoms with E-state index in [9.17, 15) is 9.90 Å². The molecule has 1 saturated heterocycles. The molecular formula is C20H22Cl2N4O3S. The Bertz CT molecular complexity index is 1080. The van der Waals surface area contributed by atoms with Gasteiger partial charge in [0.15, 0.2) is 0 Å². The molecule has 0 spiro atoms. The van der Waals surface area contributed by atoms with Crippen LogP contribution in [0.5, 0.6) is 5.88 Å². The number of aromatic hydroxyl groups is 1. The van der Waals surface area contributed by atoms with Crippen molar-refractivity contribution in [3.05, 3.63) is 44.5 Å². The number of hydrogen-bond donors (Lipinski definition) is 1. The number of carbonyl (C=O) groups is 1. The summed E-state index contributed by atoms with van der Waals surface area (Å²) in [5.41, 5.74) is 0.880. The lowest BCUT2D eigenvalue weighted by Crippen LogP contribution is -2.41. The zero-order chi connectivity index (χ0) is 21.4. The van der Waals surface area contributed by atoms with Gasteiger partial charge in [-0.1, -0.05) is 40.6 Å². The number of aromatic nitrogens is 3. The summed E-state index contributed by atoms with van der Waals surface area (Å²) in [6, 6.07) is 5.14. The molecule has 1 aliphatic rings. The van der Waals surface area contributed by atoms with Gasteiger partial charge in [0.25, 0.3) is 0 Å². The Hall–Kier alpha value is -1.87. The SMILES string of the molecule is CCOC(=O)[C@H]1CCCN([C@H](c2ccc(Cl)c(Cl)c2)c2sc3nc(C)nn3c2O)C1. The molecule has 3 aromatic rings. The highest BCUT2D eigenvalue weighted by Gasteiger charge is 2.35. The number of ether oxygens (including phenoxy) is 1. The molecule has 2 atom stereocenters. The fourth-order valence-electron chi connectivity index (χ4n) is 3.93. The van der Waals surface area contributed by atoms with Gasteiger partial charge in [-0.05, 0) is 50.9 Å². The first-order chi connectivity index (χ1) is 14.4. The molecular weight excluding hydrogens is 447 g/mol. The largest absolute Gasteiger partial charge is 0.492 e. The van der Waals surface area contributed by atoms with Crippen LogP contribution in [-0.2, 0) is 9.53 Å². The number of thiazole rings is 1. The van der Waals surface area contributed by atoms with E-state index in [1.807, 2.05) is 19.1 Å². The lowest BCUT2D eigenvalue weighted by atomic mass is 9.94. The molecule has 0 unspecified atom stereocenters. The van der Waals surface area contributed by atoms with Gasteiger partial charge in [0.1, 0.15) is 5.82 Å². The van der Waals surface area contributed by atoms with Crippen molar-refractivity contribution in [3.63, 3.8) is 0 Å². The van der Waals surface area contributed by atoms with Crippen LogP contribution in [0, 0.1) is 12.8 Å². The zero-order valence-corrected chi connectivity index (χ0v) is 19.0. The molecule has 2 aromatic heterocycles. The van der Waals surface area contributed by atoms with Crippen molar-refractivity contribution >= 4 is 45.5 Å². The quantitative estimate of drug-likeness (QED) is 0.556. The van der Waals surface area contributed by atoms with Gasteiger partial charge in [-0.3, -0.25) is 9.69 Å². The first-order valence-electron chi connectivity index (χ1n) is 9.79. The normalized spacial score (nSPS) is 18.6. The zero-order valence-electron chi connectivity index (χ0n) is 16.6. The lowest BCUT2D eigenvalue weighted by molar-refractivity contribution is -0.150. The fourth-order valence-corrected chi connectivity index (χ4v) is 5.40. The molecule has 0 amide bonds. The maximum absolute atomic E-state index is 12.4. The standard InChI is InChI=1S/C20H22Cl2N4O3S/c1-3-29-19(28)13-5-4-8-25(10-13)16(12-6-7-14(21)15(22)9-12)17-18(27)26-20(30-17)23-11(2)24-26/h6-7,9,13,16,27H,3-5,8,10H2,1-2H3/t13-,16+/m0/s1. The van der Waals surface area contributed by atoms with Gasteiger partial charge in [-0.25, -0.2) is 4.98 Å². The highest BCUT2D eigenvalue weighted by molar-refractivity contribution is 7.17. The molecule has 1 aliphatic heterocycles. The van der Waals surface area contributed by atoms with Gasteiger partial charge in [-0.2, -0.15) is 4.52 Å². The lowest BCUT2D eigenvalue weighted by Gasteiger charge is -2.37. The summed E-state index contributed by atoms with van der Waals surface area (Å²) < 4.78 is 6.70. The van der Waals surface area contributed by atoms with Gasteiger partial charge in [0, 0.05) is 6.54 Å². The van der Waals surface area contributed by atoms with E-state index < -0.39 is 0 Å². The number of likely N-dealkylation sites (tertiary alicyclic amines) is 1. The van der Waals surface area contributed by atoms with Crippen LogP contribution in [0.4, 0.5) is 0 Å². The van der Waals surface area contributed by atoms with Crippen LogP contribution in [0.2, 0.25) is 10.0 Å². The van der Waals surface area contributed by atoms with Crippen molar-refractivity contribution in [2.24, 2.45) is 5.92 Å². The average Bonchev–Trinajstić information content (AvgIpc) is 3.23. The molecule has 7 nitrogen and oxygen atoms in total. The van der Waals surface area contributed by atoms with Crippen LogP contribution in [0.25, 0.3) is 4.96 Å². The monoisotopic (exact) mass is 468 g/mol. The molecule has 1 N–H and O–H groups in total. The summed E-state index contributed by atoms with van der Waals surface area (Å²) in [5.74, 6) is 0.243. The molecule has 160 valence electrons. The van der Waals surface area contributed by atoms with E-state index in [1.54, 1.807) is 13.0 Å². The predicted octanol–water partition coefficient (Wildman–Crippen LogP) is 4.48. The number of nitrogens with zero attached hydrogens (tertiary/aromatic N) is 4. The van der Waals surface area contributed by atoms with Gasteiger partial charge < -0.3 is 9.84 Å². The summed E-state index contributed by atoms with van der Waals surface area (Å²) in [4.78, 5) is 20.3. The Morgan fingerprint density at radius 1 is 1.40 bits per heavy atom. The Balaban J connectivity index is 1.77. The summed E-state index contributed by atoms with van der Waals surface area (Å²) >= 11 is 13.8. The van der Waals surface area contributed by atoms with E-state index >= 15 is 0 Å². The maximum Gasteiger partial charge on any atom is 0.310 e. The van der Waals surface area contributed by atoms with E-state index in [-0.39, 0.29) is 23.8 Å². The summed E-state index contributed by atoms with van der Waals surface area (Å²) in [7, 11) is 0. The number of carbonyl (C=O) groups excluding carboxylic acids is 1. The third-order valence-electron chi connectivity index (χ3n) is 5.25. The van der Waals surface area contributed by atoms with Crippen LogP contribution in [-0.4, -0.2) is 50.3 Å². The number of benzene rings is 1. The van der Waals surface area contributed by atoms with Gasteiger partial charge in [0.2, 0.25) is 10.8 Å². The number of halogens is 2. The second-order valence-corrected chi connectivity index (χ2v) is 9.13. The molecule has 10 heteroatoms. The molecule has 1 fully saturated rings. The van der Waals surface area contributed by atoms with Crippen molar-refractivity contribution in [2.45, 2.75) is 32.7 Å². The Labute approximate surface area is 188 Å². The first kappa shape index (κ1) is 21.4. The summed E-state index contributed by atoms with van der Waals surface area (Å²) in [6.45, 7) is 5.25. The van der Waals surface area contributed by atoms with Crippen LogP contribution >= 0.6 is 34.5 Å². The fraction of sp³-hybridized carbons (Fsp3) is 0.450. The summed E-state index contributed by atoms with van der Waals surface area (Å²) in [6.07, 6.45) is 1.63. The Morgan fingerprint density at radius 2 is 2.20 bits per heavy atom. The number of rotatable bonds is 5. The number of fused-ring (bicyclic) bond motifs is 1. The van der Waals surface area contributed by atoms with Gasteiger partial charge >= 0.3 is 5.97 Å². The topological polar surface area (TPSA) is 80.0 Å². The van der Waals surface area contributed by atoms with Crippen LogP contribution in [0.15, 0.2) is 18.2 Å². The molecule has 30 heavy (non-hydrogen) atoms. The molecule has 4 rings (SSSR count). The minimum Gasteiger partial charge on any atom is -0.492 e. The number of piperidine rings is 1. The van der Waals surface area contributed by atoms with Gasteiger partial charge in [0.05, 0.1) is 33.5 Å². The Kier molecular flexibility index (Phi) is 6.20. The Morgan fingerprint density at radius 3 is 2.90 bits per heavy atom. The van der Waals surface area contributed by atoms with E-state index in [4.69, 9.17) is 27.9 Å². The van der Waals surface area contributed by atoms with Crippen LogP contribution < -0.4 is 0 Å². The first-order valence-corrected chi connectivity index (χ1v) is 11.4. The molecule has 0 radical (unpaired) electrons. The minimum absolute atomic E-state index is 0.0462. The minimum atomic E-state index is -0.314. The smallest absolute Gasteiger partial charge is 0.310 e. The highest BCUT2D eigenvalue weighted by Crippen LogP contribution is 2.42. The van der Waals surface area contributed by atoms with Crippen molar-refractivity contribution in [1.29, 1.82) is 0 Å². The predicted molar refractivity (Wildman–Crippen MR) is 117 cm³/mol. The van der Waals surface area contributed by atoms with Crippen molar-refractivity contribution in [3.8, 4) is 5.88 Å². The van der Waals surface area contributed by atoms with E-state index in [0.29, 0.717) is 38.9 Å². The van der Waals surface area contributed by atoms with Gasteiger partial charge in [-0.15, -0.1) is 5.10 Å². The molecule has 1 aromatic carbocycles. The second-order valence-electron chi connectivity index (χ2n) is 7.31. The van der Waals surface area contributed by atoms with Crippen LogP contribution in [0.3, 0.4) is 0 Å². The van der Waals surface area contributed by atoms with E-state index in [0.717, 1.165) is 24.9 Å². The second kappa shape index (κ2) is 8.70. The van der Waals surface area contributed by atoms with E-state index in [2.05, 4.69) is 15.0 Å².